The van der Waals surface area contributed by atoms with E-state index in [1.807, 2.05) is 6.07 Å². The number of nitrogens with two attached hydrogens (primary N) is 1. The molecule has 3 rings (SSSR count). The van der Waals surface area contributed by atoms with Crippen molar-refractivity contribution in [2.45, 2.75) is 0 Å². The number of halogens is 2. The number of aromatic nitrogens is 3. The Kier molecular flexibility index (Phi) is 3.08. The molecule has 1 aromatic carbocycles. The Balaban J connectivity index is 2.26. The van der Waals surface area contributed by atoms with Gasteiger partial charge in [0, 0.05) is 11.8 Å². The summed E-state index contributed by atoms with van der Waals surface area (Å²) in [5.41, 5.74) is 7.42. The van der Waals surface area contributed by atoms with Crippen molar-refractivity contribution in [2.24, 2.45) is 5.73 Å². The van der Waals surface area contributed by atoms with Crippen LogP contribution in [0.3, 0.4) is 0 Å². The van der Waals surface area contributed by atoms with E-state index in [0.29, 0.717) is 15.7 Å². The van der Waals surface area contributed by atoms with Crippen molar-refractivity contribution in [1.82, 2.24) is 14.4 Å². The van der Waals surface area contributed by atoms with Gasteiger partial charge in [0.15, 0.2) is 11.3 Å². The van der Waals surface area contributed by atoms with Crippen LogP contribution in [0.5, 0.6) is 0 Å². The molecule has 0 atom stereocenters. The van der Waals surface area contributed by atoms with Crippen molar-refractivity contribution in [3.8, 4) is 11.3 Å². The Labute approximate surface area is 124 Å². The molecule has 100 valence electrons. The summed E-state index contributed by atoms with van der Waals surface area (Å²) in [6.45, 7) is 0. The van der Waals surface area contributed by atoms with Crippen molar-refractivity contribution in [1.29, 1.82) is 0 Å². The molecule has 0 saturated carbocycles. The van der Waals surface area contributed by atoms with Crippen LogP contribution in [-0.4, -0.2) is 20.3 Å². The maximum Gasteiger partial charge on any atom is 0.271 e. The van der Waals surface area contributed by atoms with Crippen LogP contribution >= 0.6 is 23.2 Å². The Morgan fingerprint density at radius 2 is 1.95 bits per heavy atom. The number of rotatable bonds is 2. The largest absolute Gasteiger partial charge is 0.364 e. The molecule has 0 bridgehead atoms. The number of imidazole rings is 1. The molecule has 1 amide bonds. The highest BCUT2D eigenvalue weighted by molar-refractivity contribution is 6.42. The lowest BCUT2D eigenvalue weighted by Crippen LogP contribution is -2.12. The molecule has 2 aromatic heterocycles. The highest BCUT2D eigenvalue weighted by Crippen LogP contribution is 2.28. The highest BCUT2D eigenvalue weighted by Gasteiger charge is 2.14. The Morgan fingerprint density at radius 1 is 1.15 bits per heavy atom. The van der Waals surface area contributed by atoms with Gasteiger partial charge in [0.05, 0.1) is 15.7 Å². The number of fused-ring (bicyclic) bond motifs is 1. The minimum absolute atomic E-state index is 0.131. The Hall–Kier alpha value is -2.11. The highest BCUT2D eigenvalue weighted by atomic mass is 35.5. The summed E-state index contributed by atoms with van der Waals surface area (Å²) < 4.78 is 1.68. The van der Waals surface area contributed by atoms with Crippen LogP contribution in [0.1, 0.15) is 10.5 Å². The van der Waals surface area contributed by atoms with E-state index in [1.165, 1.54) is 6.33 Å². The molecule has 7 heteroatoms. The fourth-order valence-electron chi connectivity index (χ4n) is 1.96. The third-order valence-electron chi connectivity index (χ3n) is 2.88. The van der Waals surface area contributed by atoms with Gasteiger partial charge < -0.3 is 5.73 Å². The number of hydrogen-bond donors (Lipinski definition) is 1. The van der Waals surface area contributed by atoms with Gasteiger partial charge in [-0.25, -0.2) is 9.97 Å². The van der Waals surface area contributed by atoms with Gasteiger partial charge >= 0.3 is 0 Å². The van der Waals surface area contributed by atoms with Crippen molar-refractivity contribution in [3.05, 3.63) is 52.5 Å². The van der Waals surface area contributed by atoms with E-state index in [0.717, 1.165) is 11.3 Å². The van der Waals surface area contributed by atoms with Crippen LogP contribution in [0, 0.1) is 0 Å². The van der Waals surface area contributed by atoms with Crippen LogP contribution in [0.25, 0.3) is 16.9 Å². The standard InChI is InChI=1S/C13H8Cl2N4O/c14-8-2-1-7(5-9(8)15)10-3-4-17-13-11(12(16)20)18-6-19(10)13/h1-6H,(H2,16,20). The van der Waals surface area contributed by atoms with Gasteiger partial charge in [0.1, 0.15) is 6.33 Å². The van der Waals surface area contributed by atoms with Crippen LogP contribution in [0.2, 0.25) is 10.0 Å². The summed E-state index contributed by atoms with van der Waals surface area (Å²) in [4.78, 5) is 19.4. The van der Waals surface area contributed by atoms with Crippen molar-refractivity contribution in [2.75, 3.05) is 0 Å². The van der Waals surface area contributed by atoms with Crippen LogP contribution in [0.4, 0.5) is 0 Å². The van der Waals surface area contributed by atoms with Crippen molar-refractivity contribution in [3.63, 3.8) is 0 Å². The normalized spacial score (nSPS) is 10.9. The second-order valence-corrected chi connectivity index (χ2v) is 4.92. The molecule has 3 aromatic rings. The average Bonchev–Trinajstić information content (AvgIpc) is 2.86. The molecule has 0 saturated heterocycles. The fraction of sp³-hybridized carbons (Fsp3) is 0. The van der Waals surface area contributed by atoms with Crippen molar-refractivity contribution >= 4 is 34.8 Å². The second-order valence-electron chi connectivity index (χ2n) is 4.11. The van der Waals surface area contributed by atoms with Crippen molar-refractivity contribution < 1.29 is 4.79 Å². The first-order chi connectivity index (χ1) is 9.58. The molecule has 0 fully saturated rings. The van der Waals surface area contributed by atoms with E-state index in [4.69, 9.17) is 28.9 Å². The lowest BCUT2D eigenvalue weighted by molar-refractivity contribution is 0.0997. The number of hydrogen-bond acceptors (Lipinski definition) is 3. The molecule has 0 radical (unpaired) electrons. The van der Waals surface area contributed by atoms with Gasteiger partial charge in [0.25, 0.3) is 5.91 Å². The van der Waals surface area contributed by atoms with E-state index in [2.05, 4.69) is 9.97 Å². The maximum absolute atomic E-state index is 11.3. The summed E-state index contributed by atoms with van der Waals surface area (Å²) in [5.74, 6) is -0.619. The van der Waals surface area contributed by atoms with Crippen LogP contribution in [-0.2, 0) is 0 Å². The monoisotopic (exact) mass is 306 g/mol. The topological polar surface area (TPSA) is 73.3 Å². The molecule has 2 heterocycles. The first-order valence-electron chi connectivity index (χ1n) is 5.65. The van der Waals surface area contributed by atoms with E-state index in [9.17, 15) is 4.79 Å². The molecule has 0 aliphatic rings. The number of nitrogens with zero attached hydrogens (tertiary/aromatic N) is 3. The summed E-state index contributed by atoms with van der Waals surface area (Å²) in [6, 6.07) is 7.06. The summed E-state index contributed by atoms with van der Waals surface area (Å²) in [7, 11) is 0. The Morgan fingerprint density at radius 3 is 2.65 bits per heavy atom. The predicted octanol–water partition coefficient (Wildman–Crippen LogP) is 2.80. The number of primary amides is 1. The van der Waals surface area contributed by atoms with Gasteiger partial charge in [-0.2, -0.15) is 0 Å². The minimum Gasteiger partial charge on any atom is -0.364 e. The first kappa shape index (κ1) is 12.9. The lowest BCUT2D eigenvalue weighted by Gasteiger charge is -2.06. The summed E-state index contributed by atoms with van der Waals surface area (Å²) >= 11 is 11.9. The fourth-order valence-corrected chi connectivity index (χ4v) is 2.26. The van der Waals surface area contributed by atoms with Gasteiger partial charge in [-0.05, 0) is 18.2 Å². The molecule has 0 aliphatic heterocycles. The minimum atomic E-state index is -0.619. The molecule has 0 aliphatic carbocycles. The number of carbonyl (C=O) groups is 1. The Bertz CT molecular complexity index is 828. The first-order valence-corrected chi connectivity index (χ1v) is 6.41. The molecule has 0 unspecified atom stereocenters. The maximum atomic E-state index is 11.3. The smallest absolute Gasteiger partial charge is 0.271 e. The van der Waals surface area contributed by atoms with E-state index in [1.54, 1.807) is 28.8 Å². The lowest BCUT2D eigenvalue weighted by atomic mass is 10.1. The second kappa shape index (κ2) is 4.77. The average molecular weight is 307 g/mol. The van der Waals surface area contributed by atoms with Gasteiger partial charge in [-0.1, -0.05) is 29.3 Å². The third-order valence-corrected chi connectivity index (χ3v) is 3.62. The SMILES string of the molecule is NC(=O)c1ncn2c(-c3ccc(Cl)c(Cl)c3)ccnc12. The van der Waals surface area contributed by atoms with Gasteiger partial charge in [-0.3, -0.25) is 9.20 Å². The van der Waals surface area contributed by atoms with E-state index in [-0.39, 0.29) is 5.69 Å². The summed E-state index contributed by atoms with van der Waals surface area (Å²) in [6.07, 6.45) is 3.08. The molecular weight excluding hydrogens is 299 g/mol. The molecule has 2 N–H and O–H groups in total. The summed E-state index contributed by atoms with van der Waals surface area (Å²) in [5, 5.41) is 0.925. The third kappa shape index (κ3) is 2.01. The zero-order valence-corrected chi connectivity index (χ0v) is 11.6. The van der Waals surface area contributed by atoms with Crippen LogP contribution < -0.4 is 5.73 Å². The quantitative estimate of drug-likeness (QED) is 0.791. The number of amides is 1. The van der Waals surface area contributed by atoms with E-state index >= 15 is 0 Å². The number of carbonyl (C=O) groups excluding carboxylic acids is 1. The van der Waals surface area contributed by atoms with E-state index < -0.39 is 5.91 Å². The zero-order chi connectivity index (χ0) is 14.3. The molecule has 0 spiro atoms. The van der Waals surface area contributed by atoms with Gasteiger partial charge in [0.2, 0.25) is 0 Å². The predicted molar refractivity (Wildman–Crippen MR) is 77.0 cm³/mol. The number of benzene rings is 1. The molecule has 20 heavy (non-hydrogen) atoms. The van der Waals surface area contributed by atoms with Crippen LogP contribution in [0.15, 0.2) is 36.8 Å². The van der Waals surface area contributed by atoms with Gasteiger partial charge in [-0.15, -0.1) is 0 Å². The molecular formula is C13H8Cl2N4O. The molecule has 5 nitrogen and oxygen atoms in total. The zero-order valence-electron chi connectivity index (χ0n) is 10.0.